The second kappa shape index (κ2) is 5.07. The van der Waals surface area contributed by atoms with Crippen LogP contribution in [0.3, 0.4) is 0 Å². The molecule has 0 amide bonds. The molecule has 0 radical (unpaired) electrons. The molecular weight excluding hydrogens is 101 g/mol. The topological polar surface area (TPSA) is 63.9 Å². The Labute approximate surface area is 54.6 Å². The van der Waals surface area contributed by atoms with Crippen LogP contribution in [0.15, 0.2) is 0 Å². The molecule has 1 unspecified atom stereocenters. The smallest absolute Gasteiger partial charge is 0.789 e. The normalized spacial score (nSPS) is 12.4. The predicted octanol–water partition coefficient (Wildman–Crippen LogP) is -3.16. The zero-order valence-corrected chi connectivity index (χ0v) is 5.54. The average molecular weight is 102 g/mol. The molecule has 0 saturated heterocycles. The molecule has 0 fully saturated rings. The fourth-order valence-electron chi connectivity index (χ4n) is 0. The van der Waals surface area contributed by atoms with E-state index in [0.717, 1.165) is 0 Å². The first-order valence-corrected chi connectivity index (χ1v) is 1.61. The molecule has 0 aromatic rings. The van der Waals surface area contributed by atoms with Crippen LogP contribution in [0.25, 0.3) is 5.14 Å². The number of rotatable bonds is 0. The maximum absolute atomic E-state index is 8.67. The van der Waals surface area contributed by atoms with Gasteiger partial charge in [-0.05, 0) is 0 Å². The number of hydrogen-bond donors (Lipinski definition) is 0. The van der Waals surface area contributed by atoms with E-state index in [-0.39, 0.29) is 29.6 Å². The van der Waals surface area contributed by atoms with Crippen LogP contribution in [0, 0.1) is 0 Å². The van der Waals surface area contributed by atoms with Crippen molar-refractivity contribution in [3.8, 4) is 0 Å². The van der Waals surface area contributed by atoms with E-state index in [1.807, 2.05) is 0 Å². The van der Waals surface area contributed by atoms with E-state index in [9.17, 15) is 0 Å². The summed E-state index contributed by atoms with van der Waals surface area (Å²) in [6.07, 6.45) is 0. The zero-order chi connectivity index (χ0) is 3.58. The molecule has 0 heterocycles. The molecule has 1 N–H and O–H groups in total. The Morgan fingerprint density at radius 3 is 1.80 bits per heavy atom. The number of nitrogens with one attached hydrogen (secondary N) is 1. The van der Waals surface area contributed by atoms with Gasteiger partial charge in [0.15, 0.2) is 0 Å². The van der Waals surface area contributed by atoms with Crippen molar-refractivity contribution in [2.75, 3.05) is 0 Å². The third kappa shape index (κ3) is 41.7. The number of hydrogen-bond acceptors (Lipinski definition) is 2. The molecule has 0 bridgehead atoms. The van der Waals surface area contributed by atoms with Crippen LogP contribution >= 0.6 is 0 Å². The van der Waals surface area contributed by atoms with E-state index >= 15 is 0 Å². The van der Waals surface area contributed by atoms with Crippen LogP contribution in [0.2, 0.25) is 0 Å². The first-order chi connectivity index (χ1) is 1.73. The Hall–Kier alpha value is 1.07. The van der Waals surface area contributed by atoms with E-state index in [0.29, 0.717) is 0 Å². The predicted molar refractivity (Wildman–Crippen MR) is 13.2 cm³/mol. The minimum absolute atomic E-state index is 0. The molecule has 0 aromatic heterocycles. The Morgan fingerprint density at radius 1 is 1.80 bits per heavy atom. The molecule has 0 aliphatic carbocycles. The van der Waals surface area contributed by atoms with Crippen molar-refractivity contribution in [2.45, 2.75) is 0 Å². The molecule has 5 heteroatoms. The maximum Gasteiger partial charge on any atom is 1.00 e. The molecule has 26 valence electrons. The van der Waals surface area contributed by atoms with Gasteiger partial charge < -0.3 is 9.69 Å². The van der Waals surface area contributed by atoms with Gasteiger partial charge in [-0.1, -0.05) is 0 Å². The summed E-state index contributed by atoms with van der Waals surface area (Å²) >= 11 is -2.61. The quantitative estimate of drug-likeness (QED) is 0.239. The Morgan fingerprint density at radius 2 is 1.80 bits per heavy atom. The van der Waals surface area contributed by atoms with Gasteiger partial charge in [-0.25, -0.2) is 0 Å². The summed E-state index contributed by atoms with van der Waals surface area (Å²) in [6, 6.07) is 0. The second-order valence-electron chi connectivity index (χ2n) is 0.235. The summed E-state index contributed by atoms with van der Waals surface area (Å²) in [5.74, 6) is 0. The van der Waals surface area contributed by atoms with E-state index in [1.165, 1.54) is 0 Å². The van der Waals surface area contributed by atoms with Gasteiger partial charge in [-0.15, -0.1) is 0 Å². The van der Waals surface area contributed by atoms with Gasteiger partial charge in [0.25, 0.3) is 0 Å². The van der Waals surface area contributed by atoms with Crippen molar-refractivity contribution in [1.29, 1.82) is 0 Å². The van der Waals surface area contributed by atoms with E-state index in [2.05, 4.69) is 0 Å². The van der Waals surface area contributed by atoms with Crippen LogP contribution in [0.4, 0.5) is 0 Å². The van der Waals surface area contributed by atoms with Crippen molar-refractivity contribution in [1.82, 2.24) is 0 Å². The van der Waals surface area contributed by atoms with Crippen molar-refractivity contribution in [2.24, 2.45) is 0 Å². The van der Waals surface area contributed by atoms with E-state index in [1.54, 1.807) is 0 Å². The molecule has 3 nitrogen and oxygen atoms in total. The molecular formula is HNNaO2S-. The zero-order valence-electron chi connectivity index (χ0n) is 2.72. The van der Waals surface area contributed by atoms with Gasteiger partial charge in [0.2, 0.25) is 0 Å². The third-order valence-electron chi connectivity index (χ3n) is 0. The molecule has 1 atom stereocenters. The van der Waals surface area contributed by atoms with Gasteiger partial charge in [0, 0.05) is 0 Å². The fourth-order valence-corrected chi connectivity index (χ4v) is 0. The third-order valence-corrected chi connectivity index (χ3v) is 0. The first-order valence-electron chi connectivity index (χ1n) is 0.537. The molecule has 0 aliphatic heterocycles. The minimum atomic E-state index is -2.61. The second-order valence-corrected chi connectivity index (χ2v) is 0.704. The van der Waals surface area contributed by atoms with E-state index < -0.39 is 11.3 Å². The van der Waals surface area contributed by atoms with Gasteiger partial charge in [0.1, 0.15) is 0 Å². The standard InChI is InChI=1S/H2NO2S.Na/c1-4(2)3;/h1H,(H,2,3);/q-1;+1/p-1. The summed E-state index contributed by atoms with van der Waals surface area (Å²) < 4.78 is 17.3. The molecule has 0 spiro atoms. The Kier molecular flexibility index (Phi) is 9.55. The summed E-state index contributed by atoms with van der Waals surface area (Å²) in [5.41, 5.74) is 0. The molecule has 0 saturated carbocycles. The molecule has 5 heavy (non-hydrogen) atoms. The monoisotopic (exact) mass is 102 g/mol. The van der Waals surface area contributed by atoms with Gasteiger partial charge >= 0.3 is 29.6 Å². The summed E-state index contributed by atoms with van der Waals surface area (Å²) in [6.45, 7) is 0. The first kappa shape index (κ1) is 9.42. The van der Waals surface area contributed by atoms with Crippen LogP contribution < -0.4 is 29.6 Å². The minimum Gasteiger partial charge on any atom is -0.789 e. The Bertz CT molecular complexity index is 32.6. The van der Waals surface area contributed by atoms with Crippen LogP contribution in [0.5, 0.6) is 0 Å². The van der Waals surface area contributed by atoms with Crippen molar-refractivity contribution in [3.05, 3.63) is 5.14 Å². The van der Waals surface area contributed by atoms with Gasteiger partial charge in [0.05, 0.1) is 0 Å². The summed E-state index contributed by atoms with van der Waals surface area (Å²) in [5, 5.41) is 5.50. The van der Waals surface area contributed by atoms with Gasteiger partial charge in [-0.3, -0.25) is 4.21 Å². The average Bonchev–Trinajstić information content (AvgIpc) is 0.811. The van der Waals surface area contributed by atoms with Crippen LogP contribution in [-0.4, -0.2) is 8.76 Å². The van der Waals surface area contributed by atoms with Crippen molar-refractivity contribution >= 4 is 11.3 Å². The summed E-state index contributed by atoms with van der Waals surface area (Å²) in [7, 11) is 0. The molecule has 0 aromatic carbocycles. The summed E-state index contributed by atoms with van der Waals surface area (Å²) in [4.78, 5) is 0. The van der Waals surface area contributed by atoms with Crippen LogP contribution in [-0.2, 0) is 11.3 Å². The molecule has 0 aliphatic rings. The molecule has 0 rings (SSSR count). The fraction of sp³-hybridized carbons (Fsp3) is 0. The maximum atomic E-state index is 8.67. The van der Waals surface area contributed by atoms with Crippen molar-refractivity contribution in [3.63, 3.8) is 0 Å². The van der Waals surface area contributed by atoms with E-state index in [4.69, 9.17) is 13.9 Å². The van der Waals surface area contributed by atoms with Crippen molar-refractivity contribution < 1.29 is 38.3 Å². The largest absolute Gasteiger partial charge is 1.00 e. The van der Waals surface area contributed by atoms with Crippen LogP contribution in [0.1, 0.15) is 0 Å². The SMILES string of the molecule is [NH-]S(=O)[O-].[Na+]. The Balaban J connectivity index is 0. The van der Waals surface area contributed by atoms with Gasteiger partial charge in [-0.2, -0.15) is 11.3 Å².